The van der Waals surface area contributed by atoms with Crippen molar-refractivity contribution in [1.82, 2.24) is 5.32 Å². The van der Waals surface area contributed by atoms with Crippen LogP contribution in [0.2, 0.25) is 0 Å². The third-order valence-corrected chi connectivity index (χ3v) is 4.91. The monoisotopic (exact) mass is 290 g/mol. The molecule has 1 fully saturated rings. The number of aryl methyl sites for hydroxylation is 1. The van der Waals surface area contributed by atoms with Gasteiger partial charge in [0.05, 0.1) is 4.92 Å². The normalized spacial score (nSPS) is 23.8. The summed E-state index contributed by atoms with van der Waals surface area (Å²) in [6, 6.07) is 5.69. The van der Waals surface area contributed by atoms with Crippen LogP contribution >= 0.6 is 0 Å². The Labute approximate surface area is 127 Å². The third kappa shape index (κ3) is 4.03. The van der Waals surface area contributed by atoms with E-state index >= 15 is 0 Å². The summed E-state index contributed by atoms with van der Waals surface area (Å²) in [7, 11) is 0. The lowest BCUT2D eigenvalue weighted by Gasteiger charge is -2.30. The Morgan fingerprint density at radius 2 is 2.10 bits per heavy atom. The van der Waals surface area contributed by atoms with Gasteiger partial charge in [0.25, 0.3) is 5.69 Å². The molecule has 0 heterocycles. The summed E-state index contributed by atoms with van der Waals surface area (Å²) in [5.41, 5.74) is 1.93. The van der Waals surface area contributed by atoms with E-state index < -0.39 is 0 Å². The number of nitro benzene ring substituents is 1. The second-order valence-electron chi connectivity index (χ2n) is 6.45. The topological polar surface area (TPSA) is 55.2 Å². The van der Waals surface area contributed by atoms with E-state index in [9.17, 15) is 10.1 Å². The molecule has 0 saturated heterocycles. The van der Waals surface area contributed by atoms with Crippen LogP contribution < -0.4 is 5.32 Å². The lowest BCUT2D eigenvalue weighted by molar-refractivity contribution is -0.385. The number of hydrogen-bond acceptors (Lipinski definition) is 3. The van der Waals surface area contributed by atoms with Gasteiger partial charge in [0, 0.05) is 17.7 Å². The van der Waals surface area contributed by atoms with Crippen molar-refractivity contribution in [2.75, 3.05) is 6.54 Å². The van der Waals surface area contributed by atoms with Crippen molar-refractivity contribution in [3.05, 3.63) is 39.4 Å². The van der Waals surface area contributed by atoms with Gasteiger partial charge in [-0.1, -0.05) is 38.3 Å². The third-order valence-electron chi connectivity index (χ3n) is 4.91. The maximum atomic E-state index is 11.0. The van der Waals surface area contributed by atoms with Gasteiger partial charge in [0.1, 0.15) is 0 Å². The Kier molecular flexibility index (Phi) is 5.34. The number of nitro groups is 1. The van der Waals surface area contributed by atoms with Crippen molar-refractivity contribution < 1.29 is 4.92 Å². The van der Waals surface area contributed by atoms with Crippen LogP contribution in [0.3, 0.4) is 0 Å². The first-order chi connectivity index (χ1) is 9.99. The van der Waals surface area contributed by atoms with E-state index in [1.54, 1.807) is 13.0 Å². The predicted octanol–water partition coefficient (Wildman–Crippen LogP) is 4.38. The lowest BCUT2D eigenvalue weighted by Crippen LogP contribution is -2.31. The van der Waals surface area contributed by atoms with Gasteiger partial charge in [-0.15, -0.1) is 0 Å². The number of nitrogens with one attached hydrogen (secondary N) is 1. The zero-order valence-corrected chi connectivity index (χ0v) is 13.3. The highest BCUT2D eigenvalue weighted by Crippen LogP contribution is 2.30. The van der Waals surface area contributed by atoms with Gasteiger partial charge in [0.15, 0.2) is 0 Å². The first-order valence-electron chi connectivity index (χ1n) is 7.97. The largest absolute Gasteiger partial charge is 0.310 e. The van der Waals surface area contributed by atoms with Crippen LogP contribution in [0.4, 0.5) is 5.69 Å². The van der Waals surface area contributed by atoms with E-state index in [0.29, 0.717) is 0 Å². The van der Waals surface area contributed by atoms with Crippen molar-refractivity contribution in [1.29, 1.82) is 0 Å². The second-order valence-corrected chi connectivity index (χ2v) is 6.45. The molecule has 0 bridgehead atoms. The Morgan fingerprint density at radius 1 is 1.38 bits per heavy atom. The smallest absolute Gasteiger partial charge is 0.272 e. The number of benzene rings is 1. The summed E-state index contributed by atoms with van der Waals surface area (Å²) < 4.78 is 0. The quantitative estimate of drug-likeness (QED) is 0.646. The highest BCUT2D eigenvalue weighted by Gasteiger charge is 2.22. The van der Waals surface area contributed by atoms with E-state index in [4.69, 9.17) is 0 Å². The molecule has 3 unspecified atom stereocenters. The minimum atomic E-state index is -0.297. The fourth-order valence-electron chi connectivity index (χ4n) is 3.23. The Hall–Kier alpha value is -1.42. The molecule has 0 aromatic heterocycles. The number of hydrogen-bond donors (Lipinski definition) is 1. The molecule has 116 valence electrons. The molecule has 0 aliphatic heterocycles. The van der Waals surface area contributed by atoms with Gasteiger partial charge in [-0.25, -0.2) is 0 Å². The predicted molar refractivity (Wildman–Crippen MR) is 85.4 cm³/mol. The van der Waals surface area contributed by atoms with E-state index in [1.165, 1.54) is 25.7 Å². The Morgan fingerprint density at radius 3 is 2.76 bits per heavy atom. The van der Waals surface area contributed by atoms with Gasteiger partial charge in [-0.05, 0) is 44.2 Å². The van der Waals surface area contributed by atoms with Crippen LogP contribution in [0.5, 0.6) is 0 Å². The van der Waals surface area contributed by atoms with Crippen LogP contribution in [0, 0.1) is 28.9 Å². The second kappa shape index (κ2) is 7.03. The van der Waals surface area contributed by atoms with Gasteiger partial charge >= 0.3 is 0 Å². The Balaban J connectivity index is 1.98. The highest BCUT2D eigenvalue weighted by atomic mass is 16.6. The van der Waals surface area contributed by atoms with Gasteiger partial charge in [-0.2, -0.15) is 0 Å². The summed E-state index contributed by atoms with van der Waals surface area (Å²) in [6.45, 7) is 7.21. The molecule has 1 saturated carbocycles. The van der Waals surface area contributed by atoms with Crippen LogP contribution in [0.1, 0.15) is 56.7 Å². The maximum Gasteiger partial charge on any atom is 0.272 e. The minimum Gasteiger partial charge on any atom is -0.310 e. The minimum absolute atomic E-state index is 0.151. The van der Waals surface area contributed by atoms with Gasteiger partial charge in [0.2, 0.25) is 0 Å². The average Bonchev–Trinajstić information content (AvgIpc) is 2.46. The average molecular weight is 290 g/mol. The first kappa shape index (κ1) is 16.0. The molecule has 0 amide bonds. The molecule has 0 radical (unpaired) electrons. The summed E-state index contributed by atoms with van der Waals surface area (Å²) in [4.78, 5) is 10.7. The van der Waals surface area contributed by atoms with Crippen LogP contribution in [-0.4, -0.2) is 11.5 Å². The molecule has 3 atom stereocenters. The van der Waals surface area contributed by atoms with Crippen molar-refractivity contribution in [2.45, 2.75) is 52.5 Å². The molecule has 1 aromatic carbocycles. The fraction of sp³-hybridized carbons (Fsp3) is 0.647. The molecule has 0 spiro atoms. The summed E-state index contributed by atoms with van der Waals surface area (Å²) in [5.74, 6) is 1.52. The highest BCUT2D eigenvalue weighted by molar-refractivity contribution is 5.43. The summed E-state index contributed by atoms with van der Waals surface area (Å²) in [5, 5.41) is 14.6. The molecule has 1 aliphatic rings. The fourth-order valence-corrected chi connectivity index (χ4v) is 3.23. The van der Waals surface area contributed by atoms with Crippen molar-refractivity contribution in [3.8, 4) is 0 Å². The van der Waals surface area contributed by atoms with Crippen LogP contribution in [-0.2, 0) is 0 Å². The molecule has 1 aliphatic carbocycles. The zero-order valence-electron chi connectivity index (χ0n) is 13.3. The van der Waals surface area contributed by atoms with Gasteiger partial charge < -0.3 is 5.32 Å². The van der Waals surface area contributed by atoms with Crippen molar-refractivity contribution >= 4 is 5.69 Å². The van der Waals surface area contributed by atoms with Gasteiger partial charge in [-0.3, -0.25) is 10.1 Å². The number of rotatable bonds is 5. The molecule has 2 rings (SSSR count). The Bertz CT molecular complexity index is 502. The van der Waals surface area contributed by atoms with Crippen LogP contribution in [0.25, 0.3) is 0 Å². The van der Waals surface area contributed by atoms with Crippen molar-refractivity contribution in [3.63, 3.8) is 0 Å². The maximum absolute atomic E-state index is 11.0. The standard InChI is InChI=1S/C17H26N2O2/c1-12-6-4-5-7-16(12)11-18-14(3)15-9-8-13(2)17(10-15)19(20)21/h8-10,12,14,16,18H,4-7,11H2,1-3H3. The van der Waals surface area contributed by atoms with E-state index in [1.807, 2.05) is 12.1 Å². The molecule has 1 aromatic rings. The van der Waals surface area contributed by atoms with Crippen molar-refractivity contribution in [2.24, 2.45) is 11.8 Å². The molecular weight excluding hydrogens is 264 g/mol. The molecule has 21 heavy (non-hydrogen) atoms. The SMILES string of the molecule is Cc1ccc(C(C)NCC2CCCCC2C)cc1[N+](=O)[O-]. The summed E-state index contributed by atoms with van der Waals surface area (Å²) in [6.07, 6.45) is 5.32. The van der Waals surface area contributed by atoms with Crippen LogP contribution in [0.15, 0.2) is 18.2 Å². The molecule has 1 N–H and O–H groups in total. The lowest BCUT2D eigenvalue weighted by atomic mass is 9.80. The first-order valence-corrected chi connectivity index (χ1v) is 7.97. The zero-order chi connectivity index (χ0) is 15.4. The summed E-state index contributed by atoms with van der Waals surface area (Å²) >= 11 is 0. The van der Waals surface area contributed by atoms with E-state index in [2.05, 4.69) is 19.2 Å². The number of nitrogens with zero attached hydrogens (tertiary/aromatic N) is 1. The molecule has 4 heteroatoms. The molecule has 4 nitrogen and oxygen atoms in total. The van der Waals surface area contributed by atoms with E-state index in [0.717, 1.165) is 29.5 Å². The molecular formula is C17H26N2O2. The van der Waals surface area contributed by atoms with E-state index in [-0.39, 0.29) is 16.7 Å².